The number of amides is 2. The number of ether oxygens (including phenoxy) is 1. The molecule has 0 radical (unpaired) electrons. The molecule has 1 aromatic heterocycles. The lowest BCUT2D eigenvalue weighted by atomic mass is 10.1. The summed E-state index contributed by atoms with van der Waals surface area (Å²) in [6.45, 7) is 0.682. The summed E-state index contributed by atoms with van der Waals surface area (Å²) in [6, 6.07) is 34.4. The van der Waals surface area contributed by atoms with Crippen LogP contribution in [0, 0.1) is 0 Å². The Morgan fingerprint density at radius 3 is 2.12 bits per heavy atom. The van der Waals surface area contributed by atoms with Gasteiger partial charge in [0.1, 0.15) is 11.3 Å². The quantitative estimate of drug-likeness (QED) is 0.179. The Morgan fingerprint density at radius 2 is 1.44 bits per heavy atom. The monoisotopic (exact) mass is 573 g/mol. The molecular formula is C36H35N3O4. The molecule has 5 aromatic rings. The topological polar surface area (TPSA) is 89.4 Å². The second kappa shape index (κ2) is 14.1. The summed E-state index contributed by atoms with van der Waals surface area (Å²) in [7, 11) is 1.60. The van der Waals surface area contributed by atoms with Crippen LogP contribution >= 0.6 is 0 Å². The van der Waals surface area contributed by atoms with Gasteiger partial charge in [0.25, 0.3) is 11.5 Å². The Labute approximate surface area is 251 Å². The number of fused-ring (bicyclic) bond motifs is 1. The molecule has 5 rings (SSSR count). The van der Waals surface area contributed by atoms with Crippen LogP contribution in [-0.4, -0.2) is 30.0 Å². The number of benzene rings is 4. The molecule has 2 N–H and O–H groups in total. The highest BCUT2D eigenvalue weighted by atomic mass is 16.5. The molecule has 0 saturated carbocycles. The van der Waals surface area contributed by atoms with Crippen molar-refractivity contribution in [1.82, 2.24) is 9.88 Å². The highest BCUT2D eigenvalue weighted by Crippen LogP contribution is 2.25. The fourth-order valence-corrected chi connectivity index (χ4v) is 5.09. The van der Waals surface area contributed by atoms with E-state index in [-0.39, 0.29) is 18.0 Å². The van der Waals surface area contributed by atoms with Gasteiger partial charge in [0, 0.05) is 18.4 Å². The first-order chi connectivity index (χ1) is 21.0. The van der Waals surface area contributed by atoms with Gasteiger partial charge in [0.2, 0.25) is 5.91 Å². The summed E-state index contributed by atoms with van der Waals surface area (Å²) in [5.41, 5.74) is 3.97. The number of anilines is 1. The predicted octanol–water partition coefficient (Wildman–Crippen LogP) is 5.99. The third-order valence-corrected chi connectivity index (χ3v) is 7.41. The molecule has 0 fully saturated rings. The molecule has 0 aliphatic heterocycles. The zero-order valence-corrected chi connectivity index (χ0v) is 24.2. The Kier molecular flexibility index (Phi) is 9.64. The van der Waals surface area contributed by atoms with Crippen LogP contribution < -0.4 is 20.9 Å². The molecule has 4 aromatic carbocycles. The first-order valence-corrected chi connectivity index (χ1v) is 14.5. The van der Waals surface area contributed by atoms with Crippen molar-refractivity contribution in [1.29, 1.82) is 0 Å². The summed E-state index contributed by atoms with van der Waals surface area (Å²) in [5, 5.41) is 6.56. The average molecular weight is 574 g/mol. The van der Waals surface area contributed by atoms with Gasteiger partial charge in [-0.3, -0.25) is 14.4 Å². The van der Waals surface area contributed by atoms with E-state index in [1.165, 1.54) is 5.56 Å². The zero-order chi connectivity index (χ0) is 30.0. The fraction of sp³-hybridized carbons (Fsp3) is 0.194. The zero-order valence-electron chi connectivity index (χ0n) is 24.2. The molecule has 0 aliphatic rings. The Balaban J connectivity index is 1.42. The number of nitrogens with zero attached hydrogens (tertiary/aromatic N) is 1. The normalized spacial score (nSPS) is 10.8. The number of rotatable bonds is 12. The van der Waals surface area contributed by atoms with Crippen LogP contribution in [-0.2, 0) is 24.2 Å². The first kappa shape index (κ1) is 29.3. The smallest absolute Gasteiger partial charge is 0.264 e. The van der Waals surface area contributed by atoms with Crippen LogP contribution in [0.15, 0.2) is 114 Å². The summed E-state index contributed by atoms with van der Waals surface area (Å²) in [4.78, 5) is 40.1. The average Bonchev–Trinajstić information content (AvgIpc) is 3.04. The maximum atomic E-state index is 13.8. The second-order valence-electron chi connectivity index (χ2n) is 10.4. The van der Waals surface area contributed by atoms with Crippen molar-refractivity contribution >= 4 is 28.4 Å². The van der Waals surface area contributed by atoms with E-state index >= 15 is 0 Å². The molecule has 7 heteroatoms. The van der Waals surface area contributed by atoms with Gasteiger partial charge in [0.05, 0.1) is 24.9 Å². The van der Waals surface area contributed by atoms with E-state index in [1.807, 2.05) is 84.9 Å². The largest absolute Gasteiger partial charge is 0.497 e. The van der Waals surface area contributed by atoms with Gasteiger partial charge in [-0.15, -0.1) is 0 Å². The van der Waals surface area contributed by atoms with Gasteiger partial charge in [0.15, 0.2) is 0 Å². The molecule has 43 heavy (non-hydrogen) atoms. The molecular weight excluding hydrogens is 538 g/mol. The van der Waals surface area contributed by atoms with Gasteiger partial charge in [-0.25, -0.2) is 0 Å². The number of carbonyl (C=O) groups excluding carboxylic acids is 2. The van der Waals surface area contributed by atoms with E-state index < -0.39 is 11.5 Å². The lowest BCUT2D eigenvalue weighted by Crippen LogP contribution is -2.34. The van der Waals surface area contributed by atoms with Crippen molar-refractivity contribution in [2.24, 2.45) is 0 Å². The SMILES string of the molecule is COc1ccc(Cn2c(=O)c(C(=O)NCCCc3ccccc3)cc3c(NC(=O)CCc4ccccc4)cccc32)cc1. The number of aromatic nitrogens is 1. The second-order valence-corrected chi connectivity index (χ2v) is 10.4. The minimum absolute atomic E-state index is 0.0340. The van der Waals surface area contributed by atoms with Crippen molar-refractivity contribution in [3.63, 3.8) is 0 Å². The molecule has 0 spiro atoms. The standard InChI is InChI=1S/C36H35N3O4/c1-43-29-20-17-28(18-21-29)25-39-33-16-8-15-32(38-34(40)22-19-27-12-6-3-7-13-27)30(33)24-31(36(39)42)35(41)37-23-9-14-26-10-4-2-5-11-26/h2-8,10-13,15-18,20-21,24H,9,14,19,22-23,25H2,1H3,(H,37,41)(H,38,40). The number of pyridine rings is 1. The van der Waals surface area contributed by atoms with Gasteiger partial charge in [-0.05, 0) is 66.3 Å². The third-order valence-electron chi connectivity index (χ3n) is 7.41. The van der Waals surface area contributed by atoms with E-state index in [0.29, 0.717) is 41.7 Å². The van der Waals surface area contributed by atoms with Crippen LogP contribution in [0.1, 0.15) is 39.9 Å². The van der Waals surface area contributed by atoms with Crippen LogP contribution in [0.25, 0.3) is 10.9 Å². The Morgan fingerprint density at radius 1 is 0.767 bits per heavy atom. The van der Waals surface area contributed by atoms with E-state index in [1.54, 1.807) is 23.8 Å². The van der Waals surface area contributed by atoms with Crippen LogP contribution in [0.3, 0.4) is 0 Å². The molecule has 0 unspecified atom stereocenters. The maximum absolute atomic E-state index is 13.8. The van der Waals surface area contributed by atoms with Crippen molar-refractivity contribution < 1.29 is 14.3 Å². The molecule has 0 aliphatic carbocycles. The van der Waals surface area contributed by atoms with Gasteiger partial charge < -0.3 is 19.9 Å². The molecule has 218 valence electrons. The molecule has 2 amide bonds. The van der Waals surface area contributed by atoms with Crippen molar-refractivity contribution in [2.75, 3.05) is 19.0 Å². The number of aryl methyl sites for hydroxylation is 2. The first-order valence-electron chi connectivity index (χ1n) is 14.5. The summed E-state index contributed by atoms with van der Waals surface area (Å²) in [6.07, 6.45) is 2.47. The van der Waals surface area contributed by atoms with Crippen molar-refractivity contribution in [2.45, 2.75) is 32.2 Å². The minimum atomic E-state index is -0.436. The summed E-state index contributed by atoms with van der Waals surface area (Å²) < 4.78 is 6.87. The molecule has 7 nitrogen and oxygen atoms in total. The lowest BCUT2D eigenvalue weighted by Gasteiger charge is -2.16. The maximum Gasteiger partial charge on any atom is 0.264 e. The van der Waals surface area contributed by atoms with Gasteiger partial charge in [-0.1, -0.05) is 78.9 Å². The lowest BCUT2D eigenvalue weighted by molar-refractivity contribution is -0.116. The summed E-state index contributed by atoms with van der Waals surface area (Å²) in [5.74, 6) is 0.134. The van der Waals surface area contributed by atoms with Crippen LogP contribution in [0.5, 0.6) is 5.75 Å². The predicted molar refractivity (Wildman–Crippen MR) is 171 cm³/mol. The highest BCUT2D eigenvalue weighted by molar-refractivity contribution is 6.04. The van der Waals surface area contributed by atoms with Gasteiger partial charge in [-0.2, -0.15) is 0 Å². The van der Waals surface area contributed by atoms with Gasteiger partial charge >= 0.3 is 0 Å². The number of methoxy groups -OCH3 is 1. The Bertz CT molecular complexity index is 1750. The van der Waals surface area contributed by atoms with Crippen LogP contribution in [0.4, 0.5) is 5.69 Å². The van der Waals surface area contributed by atoms with Crippen LogP contribution in [0.2, 0.25) is 0 Å². The van der Waals surface area contributed by atoms with E-state index in [2.05, 4.69) is 22.8 Å². The summed E-state index contributed by atoms with van der Waals surface area (Å²) >= 11 is 0. The van der Waals surface area contributed by atoms with E-state index in [9.17, 15) is 14.4 Å². The molecule has 0 bridgehead atoms. The highest BCUT2D eigenvalue weighted by Gasteiger charge is 2.18. The van der Waals surface area contributed by atoms with E-state index in [4.69, 9.17) is 4.74 Å². The van der Waals surface area contributed by atoms with Crippen molar-refractivity contribution in [3.8, 4) is 5.75 Å². The number of hydrogen-bond donors (Lipinski definition) is 2. The number of carbonyl (C=O) groups is 2. The number of hydrogen-bond acceptors (Lipinski definition) is 4. The fourth-order valence-electron chi connectivity index (χ4n) is 5.09. The third kappa shape index (κ3) is 7.57. The molecule has 1 heterocycles. The molecule has 0 atom stereocenters. The number of nitrogens with one attached hydrogen (secondary N) is 2. The van der Waals surface area contributed by atoms with Crippen molar-refractivity contribution in [3.05, 3.63) is 142 Å². The minimum Gasteiger partial charge on any atom is -0.497 e. The molecule has 0 saturated heterocycles. The van der Waals surface area contributed by atoms with E-state index in [0.717, 1.165) is 24.0 Å². The Hall–Kier alpha value is -5.17.